The van der Waals surface area contributed by atoms with Gasteiger partial charge < -0.3 is 18.6 Å². The first-order valence-electron chi connectivity index (χ1n) is 7.50. The van der Waals surface area contributed by atoms with E-state index >= 15 is 0 Å². The minimum atomic E-state index is -0.480. The van der Waals surface area contributed by atoms with Crippen LogP contribution in [0, 0.1) is 13.8 Å². The standard InChI is InChI=1S/C17H20O5/c1-10-11(2)16-12(9-14(22-16)17(18)19-3)8-13(10)21-15-6-4-5-7-20-15/h8-9,15H,4-7H2,1-3H3. The minimum absolute atomic E-state index is 0.198. The maximum Gasteiger partial charge on any atom is 0.373 e. The fourth-order valence-corrected chi connectivity index (χ4v) is 2.68. The van der Waals surface area contributed by atoms with Crippen molar-refractivity contribution in [1.82, 2.24) is 0 Å². The molecule has 1 atom stereocenters. The lowest BCUT2D eigenvalue weighted by Crippen LogP contribution is -2.25. The van der Waals surface area contributed by atoms with Crippen molar-refractivity contribution in [1.29, 1.82) is 0 Å². The quantitative estimate of drug-likeness (QED) is 0.808. The second-order valence-corrected chi connectivity index (χ2v) is 5.56. The minimum Gasteiger partial charge on any atom is -0.465 e. The molecule has 22 heavy (non-hydrogen) atoms. The molecule has 1 aliphatic rings. The largest absolute Gasteiger partial charge is 0.465 e. The molecule has 1 aliphatic heterocycles. The van der Waals surface area contributed by atoms with Crippen LogP contribution in [0.2, 0.25) is 0 Å². The third-order valence-electron chi connectivity index (χ3n) is 4.10. The second kappa shape index (κ2) is 6.01. The van der Waals surface area contributed by atoms with Crippen molar-refractivity contribution in [3.8, 4) is 5.75 Å². The van der Waals surface area contributed by atoms with E-state index in [0.717, 1.165) is 48.1 Å². The summed E-state index contributed by atoms with van der Waals surface area (Å²) in [5, 5.41) is 0.828. The van der Waals surface area contributed by atoms with Crippen LogP contribution in [0.1, 0.15) is 40.9 Å². The number of rotatable bonds is 3. The molecule has 0 N–H and O–H groups in total. The molecular formula is C17H20O5. The van der Waals surface area contributed by atoms with Gasteiger partial charge in [-0.15, -0.1) is 0 Å². The molecule has 0 saturated carbocycles. The first-order chi connectivity index (χ1) is 10.6. The van der Waals surface area contributed by atoms with Crippen molar-refractivity contribution < 1.29 is 23.4 Å². The van der Waals surface area contributed by atoms with Gasteiger partial charge in [0.1, 0.15) is 11.3 Å². The normalized spacial score (nSPS) is 18.4. The molecule has 1 aromatic carbocycles. The van der Waals surface area contributed by atoms with Gasteiger partial charge in [-0.25, -0.2) is 4.79 Å². The summed E-state index contributed by atoms with van der Waals surface area (Å²) in [6.07, 6.45) is 2.90. The lowest BCUT2D eigenvalue weighted by atomic mass is 10.1. The molecule has 5 heteroatoms. The molecule has 5 nitrogen and oxygen atoms in total. The molecule has 0 aliphatic carbocycles. The zero-order valence-corrected chi connectivity index (χ0v) is 13.1. The predicted molar refractivity (Wildman–Crippen MR) is 81.2 cm³/mol. The topological polar surface area (TPSA) is 57.9 Å². The Kier molecular flexibility index (Phi) is 4.07. The summed E-state index contributed by atoms with van der Waals surface area (Å²) in [6, 6.07) is 3.58. The monoisotopic (exact) mass is 304 g/mol. The van der Waals surface area contributed by atoms with Crippen molar-refractivity contribution >= 4 is 16.9 Å². The lowest BCUT2D eigenvalue weighted by Gasteiger charge is -2.24. The molecule has 1 aromatic heterocycles. The number of ether oxygens (including phenoxy) is 3. The third-order valence-corrected chi connectivity index (χ3v) is 4.10. The van der Waals surface area contributed by atoms with Crippen molar-refractivity contribution in [2.45, 2.75) is 39.4 Å². The van der Waals surface area contributed by atoms with E-state index in [1.54, 1.807) is 6.07 Å². The van der Waals surface area contributed by atoms with E-state index in [1.165, 1.54) is 7.11 Å². The maximum absolute atomic E-state index is 11.6. The molecule has 0 amide bonds. The summed E-state index contributed by atoms with van der Waals surface area (Å²) in [5.41, 5.74) is 2.64. The van der Waals surface area contributed by atoms with E-state index in [9.17, 15) is 4.79 Å². The van der Waals surface area contributed by atoms with Gasteiger partial charge in [0.25, 0.3) is 0 Å². The number of methoxy groups -OCH3 is 1. The van der Waals surface area contributed by atoms with Crippen LogP contribution in [0.25, 0.3) is 11.0 Å². The zero-order chi connectivity index (χ0) is 15.7. The van der Waals surface area contributed by atoms with E-state index in [0.29, 0.717) is 5.58 Å². The Labute approximate surface area is 129 Å². The fraction of sp³-hybridized carbons (Fsp3) is 0.471. The molecular weight excluding hydrogens is 284 g/mol. The van der Waals surface area contributed by atoms with Crippen LogP contribution in [0.5, 0.6) is 5.75 Å². The highest BCUT2D eigenvalue weighted by atomic mass is 16.7. The van der Waals surface area contributed by atoms with Gasteiger partial charge in [-0.2, -0.15) is 0 Å². The van der Waals surface area contributed by atoms with Crippen LogP contribution < -0.4 is 4.74 Å². The molecule has 3 rings (SSSR count). The summed E-state index contributed by atoms with van der Waals surface area (Å²) in [4.78, 5) is 11.6. The highest BCUT2D eigenvalue weighted by Gasteiger charge is 2.20. The fourth-order valence-electron chi connectivity index (χ4n) is 2.68. The van der Waals surface area contributed by atoms with E-state index in [-0.39, 0.29) is 12.1 Å². The van der Waals surface area contributed by atoms with E-state index in [2.05, 4.69) is 0 Å². The Morgan fingerprint density at radius 3 is 2.73 bits per heavy atom. The number of hydrogen-bond acceptors (Lipinski definition) is 5. The van der Waals surface area contributed by atoms with Crippen LogP contribution >= 0.6 is 0 Å². The lowest BCUT2D eigenvalue weighted by molar-refractivity contribution is -0.106. The Hall–Kier alpha value is -2.01. The van der Waals surface area contributed by atoms with Gasteiger partial charge in [-0.1, -0.05) is 0 Å². The Morgan fingerprint density at radius 1 is 1.23 bits per heavy atom. The van der Waals surface area contributed by atoms with E-state index < -0.39 is 5.97 Å². The molecule has 0 spiro atoms. The van der Waals surface area contributed by atoms with Gasteiger partial charge >= 0.3 is 5.97 Å². The highest BCUT2D eigenvalue weighted by Crippen LogP contribution is 2.33. The average Bonchev–Trinajstić information content (AvgIpc) is 2.97. The number of esters is 1. The van der Waals surface area contributed by atoms with Gasteiger partial charge in [-0.05, 0) is 49.9 Å². The van der Waals surface area contributed by atoms with Crippen molar-refractivity contribution in [2.24, 2.45) is 0 Å². The molecule has 0 bridgehead atoms. The smallest absolute Gasteiger partial charge is 0.373 e. The van der Waals surface area contributed by atoms with Crippen molar-refractivity contribution in [2.75, 3.05) is 13.7 Å². The summed E-state index contributed by atoms with van der Waals surface area (Å²) < 4.78 is 21.9. The molecule has 2 aromatic rings. The van der Waals surface area contributed by atoms with E-state index in [1.807, 2.05) is 19.9 Å². The Bertz CT molecular complexity index is 695. The van der Waals surface area contributed by atoms with Gasteiger partial charge in [0, 0.05) is 11.8 Å². The van der Waals surface area contributed by atoms with Crippen LogP contribution in [0.3, 0.4) is 0 Å². The Balaban J connectivity index is 1.96. The van der Waals surface area contributed by atoms with E-state index in [4.69, 9.17) is 18.6 Å². The summed E-state index contributed by atoms with van der Waals surface area (Å²) >= 11 is 0. The van der Waals surface area contributed by atoms with Crippen LogP contribution in [0.4, 0.5) is 0 Å². The number of carbonyl (C=O) groups is 1. The van der Waals surface area contributed by atoms with Crippen molar-refractivity contribution in [3.05, 3.63) is 29.0 Å². The third kappa shape index (κ3) is 2.68. The van der Waals surface area contributed by atoms with Gasteiger partial charge in [0.2, 0.25) is 5.76 Å². The van der Waals surface area contributed by atoms with Crippen LogP contribution in [-0.4, -0.2) is 26.0 Å². The van der Waals surface area contributed by atoms with Gasteiger partial charge in [-0.3, -0.25) is 0 Å². The number of carbonyl (C=O) groups excluding carboxylic acids is 1. The number of furan rings is 1. The SMILES string of the molecule is COC(=O)c1cc2cc(OC3CCCCO3)c(C)c(C)c2o1. The zero-order valence-electron chi connectivity index (χ0n) is 13.1. The second-order valence-electron chi connectivity index (χ2n) is 5.56. The summed E-state index contributed by atoms with van der Waals surface area (Å²) in [5.74, 6) is 0.492. The first kappa shape index (κ1) is 14.9. The van der Waals surface area contributed by atoms with Gasteiger partial charge in [0.05, 0.1) is 13.7 Å². The van der Waals surface area contributed by atoms with Crippen molar-refractivity contribution in [3.63, 3.8) is 0 Å². The molecule has 1 saturated heterocycles. The molecule has 118 valence electrons. The summed E-state index contributed by atoms with van der Waals surface area (Å²) in [7, 11) is 1.34. The molecule has 1 unspecified atom stereocenters. The first-order valence-corrected chi connectivity index (χ1v) is 7.50. The average molecular weight is 304 g/mol. The Morgan fingerprint density at radius 2 is 2.05 bits per heavy atom. The maximum atomic E-state index is 11.6. The molecule has 0 radical (unpaired) electrons. The van der Waals surface area contributed by atoms with Gasteiger partial charge in [0.15, 0.2) is 6.29 Å². The molecule has 1 fully saturated rings. The highest BCUT2D eigenvalue weighted by molar-refractivity contribution is 5.94. The summed E-state index contributed by atoms with van der Waals surface area (Å²) in [6.45, 7) is 4.67. The van der Waals surface area contributed by atoms with Crippen LogP contribution in [-0.2, 0) is 9.47 Å². The predicted octanol–water partition coefficient (Wildman–Crippen LogP) is 3.74. The number of aryl methyl sites for hydroxylation is 1. The van der Waals surface area contributed by atoms with Crippen LogP contribution in [0.15, 0.2) is 16.5 Å². The number of benzene rings is 1. The number of hydrogen-bond donors (Lipinski definition) is 0. The molecule has 2 heterocycles. The number of fused-ring (bicyclic) bond motifs is 1.